The summed E-state index contributed by atoms with van der Waals surface area (Å²) in [6, 6.07) is 9.31. The number of hydrogen-bond donors (Lipinski definition) is 1. The van der Waals surface area contributed by atoms with Crippen LogP contribution < -0.4 is 9.47 Å². The van der Waals surface area contributed by atoms with Gasteiger partial charge in [0.25, 0.3) is 5.22 Å². The van der Waals surface area contributed by atoms with Gasteiger partial charge in [0, 0.05) is 5.56 Å². The van der Waals surface area contributed by atoms with E-state index in [1.807, 2.05) is 0 Å². The molecular formula is C19H13F3N2O5S. The Balaban J connectivity index is 1.83. The van der Waals surface area contributed by atoms with Crippen molar-refractivity contribution in [1.29, 1.82) is 0 Å². The largest absolute Gasteiger partial charge is 0.493 e. The van der Waals surface area contributed by atoms with Crippen LogP contribution in [0.5, 0.6) is 11.5 Å². The summed E-state index contributed by atoms with van der Waals surface area (Å²) in [7, 11) is 1.27. The van der Waals surface area contributed by atoms with Crippen LogP contribution >= 0.6 is 11.8 Å². The Bertz CT molecular complexity index is 1070. The second-order valence-corrected chi connectivity index (χ2v) is 6.58. The highest BCUT2D eigenvalue weighted by atomic mass is 32.2. The van der Waals surface area contributed by atoms with Gasteiger partial charge in [0.05, 0.1) is 7.11 Å². The summed E-state index contributed by atoms with van der Waals surface area (Å²) in [6.45, 7) is -3.03. The molecule has 0 amide bonds. The standard InChI is InChI=1S/C19H13F3N2O5S/c1-27-14-8-10(2-7-13(14)28-18(21)22)9-15(17(25)26)30-19-24-23-16(29-19)11-3-5-12(20)6-4-11/h2-9,18H,1H3,(H,25,26). The first-order valence-electron chi connectivity index (χ1n) is 8.21. The van der Waals surface area contributed by atoms with Gasteiger partial charge < -0.3 is 19.0 Å². The predicted octanol–water partition coefficient (Wildman–Crippen LogP) is 4.70. The van der Waals surface area contributed by atoms with E-state index in [0.29, 0.717) is 22.9 Å². The van der Waals surface area contributed by atoms with Crippen molar-refractivity contribution in [1.82, 2.24) is 10.2 Å². The molecule has 0 saturated carbocycles. The number of carbonyl (C=O) groups is 1. The van der Waals surface area contributed by atoms with Gasteiger partial charge in [0.2, 0.25) is 5.89 Å². The molecule has 0 aliphatic rings. The van der Waals surface area contributed by atoms with Crippen LogP contribution in [0.15, 0.2) is 57.0 Å². The summed E-state index contributed by atoms with van der Waals surface area (Å²) in [5.41, 5.74) is 0.826. The van der Waals surface area contributed by atoms with Crippen molar-refractivity contribution in [3.63, 3.8) is 0 Å². The molecule has 0 unspecified atom stereocenters. The van der Waals surface area contributed by atoms with E-state index < -0.39 is 18.4 Å². The lowest BCUT2D eigenvalue weighted by Crippen LogP contribution is -2.03. The quantitative estimate of drug-likeness (QED) is 0.399. The van der Waals surface area contributed by atoms with Gasteiger partial charge in [-0.05, 0) is 59.8 Å². The molecule has 1 aromatic heterocycles. The number of thioether (sulfide) groups is 1. The van der Waals surface area contributed by atoms with E-state index in [4.69, 9.17) is 9.15 Å². The third-order valence-electron chi connectivity index (χ3n) is 3.61. The van der Waals surface area contributed by atoms with Gasteiger partial charge in [-0.1, -0.05) is 6.07 Å². The molecule has 0 atom stereocenters. The van der Waals surface area contributed by atoms with Gasteiger partial charge in [-0.15, -0.1) is 10.2 Å². The number of methoxy groups -OCH3 is 1. The zero-order valence-electron chi connectivity index (χ0n) is 15.2. The smallest absolute Gasteiger partial charge is 0.387 e. The summed E-state index contributed by atoms with van der Waals surface area (Å²) >= 11 is 0.694. The second kappa shape index (κ2) is 9.35. The molecule has 11 heteroatoms. The fourth-order valence-corrected chi connectivity index (χ4v) is 2.98. The molecule has 0 fully saturated rings. The average molecular weight is 438 g/mol. The van der Waals surface area contributed by atoms with E-state index in [1.54, 1.807) is 0 Å². The molecule has 7 nitrogen and oxygen atoms in total. The maximum absolute atomic E-state index is 13.0. The SMILES string of the molecule is COc1cc(C=C(Sc2nnc(-c3ccc(F)cc3)o2)C(=O)O)ccc1OC(F)F. The molecule has 0 spiro atoms. The lowest BCUT2D eigenvalue weighted by atomic mass is 10.2. The molecule has 2 aromatic carbocycles. The maximum atomic E-state index is 13.0. The number of aromatic nitrogens is 2. The van der Waals surface area contributed by atoms with Crippen molar-refractivity contribution in [2.24, 2.45) is 0 Å². The fourth-order valence-electron chi connectivity index (χ4n) is 2.31. The third kappa shape index (κ3) is 5.32. The summed E-state index contributed by atoms with van der Waals surface area (Å²) in [5.74, 6) is -1.78. The van der Waals surface area contributed by atoms with Crippen molar-refractivity contribution in [3.8, 4) is 23.0 Å². The minimum atomic E-state index is -3.03. The summed E-state index contributed by atoms with van der Waals surface area (Å²) in [5, 5.41) is 17.0. The monoisotopic (exact) mass is 438 g/mol. The number of rotatable bonds is 8. The molecule has 1 heterocycles. The molecule has 0 saturated heterocycles. The van der Waals surface area contributed by atoms with Gasteiger partial charge >= 0.3 is 12.6 Å². The van der Waals surface area contributed by atoms with Crippen molar-refractivity contribution in [2.45, 2.75) is 11.8 Å². The van der Waals surface area contributed by atoms with E-state index >= 15 is 0 Å². The maximum Gasteiger partial charge on any atom is 0.387 e. The number of nitrogens with zero attached hydrogens (tertiary/aromatic N) is 2. The van der Waals surface area contributed by atoms with Crippen LogP contribution in [0.1, 0.15) is 5.56 Å². The molecule has 0 aliphatic heterocycles. The highest BCUT2D eigenvalue weighted by Gasteiger charge is 2.17. The Morgan fingerprint density at radius 2 is 1.90 bits per heavy atom. The van der Waals surface area contributed by atoms with E-state index in [0.717, 1.165) is 0 Å². The van der Waals surface area contributed by atoms with E-state index in [-0.39, 0.29) is 27.5 Å². The number of ether oxygens (including phenoxy) is 2. The number of benzene rings is 2. The van der Waals surface area contributed by atoms with Crippen LogP contribution in [0.3, 0.4) is 0 Å². The molecule has 0 radical (unpaired) electrons. The van der Waals surface area contributed by atoms with Crippen LogP contribution in [0.25, 0.3) is 17.5 Å². The fraction of sp³-hybridized carbons (Fsp3) is 0.105. The summed E-state index contributed by atoms with van der Waals surface area (Å²) in [4.78, 5) is 11.4. The zero-order chi connectivity index (χ0) is 21.7. The van der Waals surface area contributed by atoms with E-state index in [1.165, 1.54) is 55.7 Å². The van der Waals surface area contributed by atoms with E-state index in [9.17, 15) is 23.1 Å². The highest BCUT2D eigenvalue weighted by molar-refractivity contribution is 8.03. The van der Waals surface area contributed by atoms with Gasteiger partial charge in [-0.3, -0.25) is 0 Å². The lowest BCUT2D eigenvalue weighted by Gasteiger charge is -2.10. The van der Waals surface area contributed by atoms with Gasteiger partial charge in [-0.2, -0.15) is 8.78 Å². The van der Waals surface area contributed by atoms with Crippen molar-refractivity contribution in [2.75, 3.05) is 7.11 Å². The predicted molar refractivity (Wildman–Crippen MR) is 101 cm³/mol. The molecule has 156 valence electrons. The van der Waals surface area contributed by atoms with Gasteiger partial charge in [-0.25, -0.2) is 9.18 Å². The van der Waals surface area contributed by atoms with Crippen LogP contribution in [0.2, 0.25) is 0 Å². The number of hydrogen-bond acceptors (Lipinski definition) is 7. The molecule has 0 bridgehead atoms. The Hall–Kier alpha value is -3.47. The Kier molecular flexibility index (Phi) is 6.62. The molecule has 30 heavy (non-hydrogen) atoms. The number of halogens is 3. The van der Waals surface area contributed by atoms with Crippen LogP contribution in [0.4, 0.5) is 13.2 Å². The molecule has 3 rings (SSSR count). The van der Waals surface area contributed by atoms with Gasteiger partial charge in [0.1, 0.15) is 10.7 Å². The first-order valence-corrected chi connectivity index (χ1v) is 9.02. The first-order chi connectivity index (χ1) is 14.4. The zero-order valence-corrected chi connectivity index (χ0v) is 16.0. The number of aliphatic carboxylic acids is 1. The molecule has 3 aromatic rings. The number of alkyl halides is 2. The Morgan fingerprint density at radius 1 is 1.17 bits per heavy atom. The summed E-state index contributed by atoms with van der Waals surface area (Å²) < 4.78 is 52.6. The van der Waals surface area contributed by atoms with Crippen molar-refractivity contribution in [3.05, 3.63) is 58.8 Å². The first kappa shape index (κ1) is 21.2. The Labute approximate surface area is 172 Å². The molecule has 0 aliphatic carbocycles. The normalized spacial score (nSPS) is 11.6. The van der Waals surface area contributed by atoms with E-state index in [2.05, 4.69) is 14.9 Å². The van der Waals surface area contributed by atoms with Crippen molar-refractivity contribution >= 4 is 23.8 Å². The van der Waals surface area contributed by atoms with Crippen LogP contribution in [-0.4, -0.2) is 35.0 Å². The number of carboxylic acids is 1. The summed E-state index contributed by atoms with van der Waals surface area (Å²) in [6.07, 6.45) is 1.28. The minimum absolute atomic E-state index is 0.00942. The van der Waals surface area contributed by atoms with Crippen LogP contribution in [0, 0.1) is 5.82 Å². The molecule has 1 N–H and O–H groups in total. The third-order valence-corrected chi connectivity index (χ3v) is 4.46. The topological polar surface area (TPSA) is 94.7 Å². The van der Waals surface area contributed by atoms with Gasteiger partial charge in [0.15, 0.2) is 11.5 Å². The van der Waals surface area contributed by atoms with Crippen molar-refractivity contribution < 1.29 is 37.0 Å². The highest BCUT2D eigenvalue weighted by Crippen LogP contribution is 2.33. The Morgan fingerprint density at radius 3 is 2.53 bits per heavy atom. The minimum Gasteiger partial charge on any atom is -0.493 e. The second-order valence-electron chi connectivity index (χ2n) is 5.58. The van der Waals surface area contributed by atoms with Crippen LogP contribution in [-0.2, 0) is 4.79 Å². The molecular weight excluding hydrogens is 425 g/mol. The lowest BCUT2D eigenvalue weighted by molar-refractivity contribution is -0.131. The number of carboxylic acid groups (broad SMARTS) is 1. The average Bonchev–Trinajstić information content (AvgIpc) is 3.17.